The zero-order valence-electron chi connectivity index (χ0n) is 5.65. The predicted molar refractivity (Wildman–Crippen MR) is 34.0 cm³/mol. The summed E-state index contributed by atoms with van der Waals surface area (Å²) in [6.07, 6.45) is 1.21. The highest BCUT2D eigenvalue weighted by Gasteiger charge is 2.13. The van der Waals surface area contributed by atoms with Gasteiger partial charge >= 0.3 is 5.97 Å². The monoisotopic (exact) mass is 146 g/mol. The highest BCUT2D eigenvalue weighted by atomic mass is 16.5. The van der Waals surface area contributed by atoms with Crippen molar-refractivity contribution < 1.29 is 19.7 Å². The van der Waals surface area contributed by atoms with Crippen molar-refractivity contribution in [2.24, 2.45) is 0 Å². The van der Waals surface area contributed by atoms with Crippen LogP contribution in [-0.2, 0) is 9.53 Å². The van der Waals surface area contributed by atoms with Crippen molar-refractivity contribution >= 4 is 5.97 Å². The van der Waals surface area contributed by atoms with Crippen LogP contribution in [0.25, 0.3) is 0 Å². The second-order valence-electron chi connectivity index (χ2n) is 1.60. The van der Waals surface area contributed by atoms with Gasteiger partial charge < -0.3 is 14.9 Å². The number of carbonyl (C=O) groups is 1. The highest BCUT2D eigenvalue weighted by molar-refractivity contribution is 5.74. The van der Waals surface area contributed by atoms with Gasteiger partial charge in [0.25, 0.3) is 0 Å². The van der Waals surface area contributed by atoms with E-state index in [1.807, 2.05) is 0 Å². The molecule has 0 spiro atoms. The molecule has 0 aliphatic heterocycles. The van der Waals surface area contributed by atoms with Gasteiger partial charge in [-0.1, -0.05) is 6.08 Å². The Morgan fingerprint density at radius 3 is 2.80 bits per heavy atom. The zero-order chi connectivity index (χ0) is 7.98. The maximum absolute atomic E-state index is 10.4. The molecule has 1 atom stereocenters. The van der Waals surface area contributed by atoms with Gasteiger partial charge in [0.05, 0.1) is 12.9 Å². The molecule has 0 saturated heterocycles. The summed E-state index contributed by atoms with van der Waals surface area (Å²) in [5, 5.41) is 16.8. The Hall–Kier alpha value is -0.870. The number of esters is 1. The third-order valence-corrected chi connectivity index (χ3v) is 0.765. The molecule has 0 bridgehead atoms. The Balaban J connectivity index is 3.62. The van der Waals surface area contributed by atoms with Crippen molar-refractivity contribution in [2.75, 3.05) is 6.61 Å². The molecule has 0 aromatic carbocycles. The Morgan fingerprint density at radius 1 is 1.80 bits per heavy atom. The van der Waals surface area contributed by atoms with E-state index in [9.17, 15) is 4.79 Å². The smallest absolute Gasteiger partial charge is 0.342 e. The highest BCUT2D eigenvalue weighted by Crippen LogP contribution is 1.87. The predicted octanol–water partition coefficient (Wildman–Crippen LogP) is -0.584. The van der Waals surface area contributed by atoms with Gasteiger partial charge in [0.1, 0.15) is 0 Å². The normalized spacial score (nSPS) is 13.5. The number of hydrogen-bond acceptors (Lipinski definition) is 4. The molecule has 0 rings (SSSR count). The van der Waals surface area contributed by atoms with E-state index >= 15 is 0 Å². The number of hydrogen-bond donors (Lipinski definition) is 2. The van der Waals surface area contributed by atoms with Gasteiger partial charge in [-0.05, 0) is 6.92 Å². The van der Waals surface area contributed by atoms with Crippen molar-refractivity contribution in [3.63, 3.8) is 0 Å². The van der Waals surface area contributed by atoms with Crippen LogP contribution < -0.4 is 0 Å². The van der Waals surface area contributed by atoms with Crippen LogP contribution in [0, 0.1) is 0 Å². The molecule has 0 fully saturated rings. The van der Waals surface area contributed by atoms with E-state index in [2.05, 4.69) is 4.74 Å². The minimum absolute atomic E-state index is 0.615. The van der Waals surface area contributed by atoms with Crippen molar-refractivity contribution in [3.05, 3.63) is 12.3 Å². The van der Waals surface area contributed by atoms with Crippen LogP contribution in [0.15, 0.2) is 12.3 Å². The van der Waals surface area contributed by atoms with Crippen LogP contribution in [0.4, 0.5) is 0 Å². The van der Waals surface area contributed by atoms with E-state index in [0.29, 0.717) is 0 Å². The lowest BCUT2D eigenvalue weighted by atomic mass is 10.4. The Bertz CT molecular complexity index is 130. The average Bonchev–Trinajstić information content (AvgIpc) is 1.98. The van der Waals surface area contributed by atoms with Gasteiger partial charge in [-0.25, -0.2) is 4.79 Å². The maximum Gasteiger partial charge on any atom is 0.342 e. The molecule has 0 aromatic heterocycles. The molecule has 58 valence electrons. The van der Waals surface area contributed by atoms with Crippen LogP contribution in [0.1, 0.15) is 6.92 Å². The van der Waals surface area contributed by atoms with Gasteiger partial charge in [0, 0.05) is 0 Å². The van der Waals surface area contributed by atoms with Crippen LogP contribution in [-0.4, -0.2) is 28.9 Å². The molecule has 0 aromatic rings. The van der Waals surface area contributed by atoms with Gasteiger partial charge in [0.2, 0.25) is 0 Å². The largest absolute Gasteiger partial charge is 0.433 e. The second-order valence-corrected chi connectivity index (χ2v) is 1.60. The number of aliphatic hydroxyl groups is 2. The third-order valence-electron chi connectivity index (χ3n) is 0.765. The first-order valence-corrected chi connectivity index (χ1v) is 2.83. The first kappa shape index (κ1) is 9.13. The molecule has 0 radical (unpaired) electrons. The summed E-state index contributed by atoms with van der Waals surface area (Å²) in [6, 6.07) is 0. The quantitative estimate of drug-likeness (QED) is 0.413. The fourth-order valence-corrected chi connectivity index (χ4v) is 0.288. The van der Waals surface area contributed by atoms with Crippen LogP contribution in [0.2, 0.25) is 0 Å². The van der Waals surface area contributed by atoms with Crippen molar-refractivity contribution in [2.45, 2.75) is 13.0 Å². The zero-order valence-corrected chi connectivity index (χ0v) is 5.65. The second kappa shape index (κ2) is 4.96. The standard InChI is InChI=1S/C6H10O4/c1-2-3-10-6(9)5(8)4-7/h2-3,5,7-8H,4H2,1H3. The number of rotatable bonds is 3. The first-order chi connectivity index (χ1) is 4.72. The summed E-state index contributed by atoms with van der Waals surface area (Å²) in [5.74, 6) is -0.847. The fraction of sp³-hybridized carbons (Fsp3) is 0.500. The van der Waals surface area contributed by atoms with E-state index < -0.39 is 18.7 Å². The molecule has 0 heterocycles. The Kier molecular flexibility index (Phi) is 4.53. The van der Waals surface area contributed by atoms with Crippen LogP contribution in [0.3, 0.4) is 0 Å². The lowest BCUT2D eigenvalue weighted by molar-refractivity contribution is -0.149. The molecule has 4 nitrogen and oxygen atoms in total. The van der Waals surface area contributed by atoms with Gasteiger partial charge in [-0.15, -0.1) is 0 Å². The Morgan fingerprint density at radius 2 is 2.40 bits per heavy atom. The lowest BCUT2D eigenvalue weighted by Crippen LogP contribution is -2.24. The van der Waals surface area contributed by atoms with E-state index in [1.165, 1.54) is 6.08 Å². The van der Waals surface area contributed by atoms with E-state index in [4.69, 9.17) is 10.2 Å². The number of ether oxygens (including phenoxy) is 1. The molecule has 10 heavy (non-hydrogen) atoms. The van der Waals surface area contributed by atoms with Crippen molar-refractivity contribution in [1.29, 1.82) is 0 Å². The SMILES string of the molecule is CC=COC(=O)C(O)CO. The molecule has 1 unspecified atom stereocenters. The summed E-state index contributed by atoms with van der Waals surface area (Å²) in [4.78, 5) is 10.4. The summed E-state index contributed by atoms with van der Waals surface area (Å²) in [5.41, 5.74) is 0. The van der Waals surface area contributed by atoms with Gasteiger partial charge in [-0.3, -0.25) is 0 Å². The van der Waals surface area contributed by atoms with Crippen molar-refractivity contribution in [3.8, 4) is 0 Å². The molecule has 0 amide bonds. The summed E-state index contributed by atoms with van der Waals surface area (Å²) in [7, 11) is 0. The molecule has 0 aliphatic rings. The molecular weight excluding hydrogens is 136 g/mol. The van der Waals surface area contributed by atoms with E-state index in [1.54, 1.807) is 6.92 Å². The molecular formula is C6H10O4. The molecule has 4 heteroatoms. The van der Waals surface area contributed by atoms with Gasteiger partial charge in [0.15, 0.2) is 6.10 Å². The maximum atomic E-state index is 10.4. The van der Waals surface area contributed by atoms with Gasteiger partial charge in [-0.2, -0.15) is 0 Å². The Labute approximate surface area is 58.7 Å². The van der Waals surface area contributed by atoms with Crippen LogP contribution >= 0.6 is 0 Å². The number of allylic oxidation sites excluding steroid dienone is 1. The third kappa shape index (κ3) is 3.21. The van der Waals surface area contributed by atoms with Crippen LogP contribution in [0.5, 0.6) is 0 Å². The minimum atomic E-state index is -1.43. The molecule has 0 saturated carbocycles. The topological polar surface area (TPSA) is 66.8 Å². The van der Waals surface area contributed by atoms with E-state index in [0.717, 1.165) is 6.26 Å². The average molecular weight is 146 g/mol. The fourth-order valence-electron chi connectivity index (χ4n) is 0.288. The number of carbonyl (C=O) groups excluding carboxylic acids is 1. The summed E-state index contributed by atoms with van der Waals surface area (Å²) >= 11 is 0. The number of aliphatic hydroxyl groups excluding tert-OH is 2. The molecule has 2 N–H and O–H groups in total. The lowest BCUT2D eigenvalue weighted by Gasteiger charge is -2.02. The van der Waals surface area contributed by atoms with E-state index in [-0.39, 0.29) is 0 Å². The minimum Gasteiger partial charge on any atom is -0.433 e. The first-order valence-electron chi connectivity index (χ1n) is 2.83. The van der Waals surface area contributed by atoms with Crippen molar-refractivity contribution in [1.82, 2.24) is 0 Å². The summed E-state index contributed by atoms with van der Waals surface area (Å²) < 4.78 is 4.31. The summed E-state index contributed by atoms with van der Waals surface area (Å²) in [6.45, 7) is 1.05. The molecule has 0 aliphatic carbocycles.